The normalized spacial score (nSPS) is 17.5. The Kier molecular flexibility index (Phi) is 6.20. The van der Waals surface area contributed by atoms with Crippen LogP contribution in [0.3, 0.4) is 0 Å². The van der Waals surface area contributed by atoms with E-state index in [-0.39, 0.29) is 36.9 Å². The predicted molar refractivity (Wildman–Crippen MR) is 101 cm³/mol. The van der Waals surface area contributed by atoms with Gasteiger partial charge in [-0.1, -0.05) is 11.6 Å². The van der Waals surface area contributed by atoms with Crippen LogP contribution in [0.15, 0.2) is 29.5 Å². The standard InChI is InChI=1S/C18H22ClN3O5/c1-26-18(25)13-11-22(4-7-23)17(24)16(13)20-14-10-12(19)2-3-15(14)21-5-8-27-9-6-21/h2-3,10,20,23H,4-9,11H2,1H3. The van der Waals surface area contributed by atoms with Crippen LogP contribution in [0.2, 0.25) is 5.02 Å². The number of benzene rings is 1. The Labute approximate surface area is 162 Å². The van der Waals surface area contributed by atoms with Crippen molar-refractivity contribution in [1.82, 2.24) is 4.90 Å². The van der Waals surface area contributed by atoms with E-state index >= 15 is 0 Å². The molecule has 0 saturated carbocycles. The monoisotopic (exact) mass is 395 g/mol. The Morgan fingerprint density at radius 2 is 2.11 bits per heavy atom. The Hall–Kier alpha value is -2.29. The van der Waals surface area contributed by atoms with Crippen LogP contribution in [0.25, 0.3) is 0 Å². The third kappa shape index (κ3) is 4.18. The molecule has 0 aromatic heterocycles. The maximum Gasteiger partial charge on any atom is 0.337 e. The number of halogens is 1. The molecular formula is C18H22ClN3O5. The molecular weight excluding hydrogens is 374 g/mol. The number of morpholine rings is 1. The number of nitrogens with zero attached hydrogens (tertiary/aromatic N) is 2. The maximum absolute atomic E-state index is 12.7. The van der Waals surface area contributed by atoms with Crippen molar-refractivity contribution in [3.05, 3.63) is 34.5 Å². The van der Waals surface area contributed by atoms with Crippen LogP contribution >= 0.6 is 11.6 Å². The second-order valence-corrected chi connectivity index (χ2v) is 6.62. The SMILES string of the molecule is COC(=O)C1=C(Nc2cc(Cl)ccc2N2CCOCC2)C(=O)N(CCO)C1. The van der Waals surface area contributed by atoms with E-state index in [1.807, 2.05) is 6.07 Å². The molecule has 2 N–H and O–H groups in total. The fourth-order valence-corrected chi connectivity index (χ4v) is 3.34. The maximum atomic E-state index is 12.7. The number of amides is 1. The van der Waals surface area contributed by atoms with Crippen LogP contribution in [-0.2, 0) is 19.1 Å². The average Bonchev–Trinajstić information content (AvgIpc) is 2.98. The number of ether oxygens (including phenoxy) is 2. The van der Waals surface area contributed by atoms with Crippen LogP contribution < -0.4 is 10.2 Å². The molecule has 1 amide bonds. The molecule has 9 heteroatoms. The van der Waals surface area contributed by atoms with Crippen molar-refractivity contribution in [2.45, 2.75) is 0 Å². The number of anilines is 2. The first-order valence-electron chi connectivity index (χ1n) is 8.66. The lowest BCUT2D eigenvalue weighted by atomic mass is 10.2. The number of esters is 1. The molecule has 27 heavy (non-hydrogen) atoms. The highest BCUT2D eigenvalue weighted by atomic mass is 35.5. The lowest BCUT2D eigenvalue weighted by Gasteiger charge is -2.31. The molecule has 8 nitrogen and oxygen atoms in total. The van der Waals surface area contributed by atoms with Crippen molar-refractivity contribution in [1.29, 1.82) is 0 Å². The van der Waals surface area contributed by atoms with Crippen molar-refractivity contribution in [3.8, 4) is 0 Å². The molecule has 0 aliphatic carbocycles. The summed E-state index contributed by atoms with van der Waals surface area (Å²) in [7, 11) is 1.27. The van der Waals surface area contributed by atoms with E-state index in [1.165, 1.54) is 12.0 Å². The van der Waals surface area contributed by atoms with Gasteiger partial charge in [-0.2, -0.15) is 0 Å². The first-order valence-corrected chi connectivity index (χ1v) is 9.03. The number of nitrogens with one attached hydrogen (secondary N) is 1. The van der Waals surface area contributed by atoms with E-state index in [0.29, 0.717) is 37.0 Å². The van der Waals surface area contributed by atoms with Crippen LogP contribution in [0.5, 0.6) is 0 Å². The molecule has 1 aromatic carbocycles. The molecule has 2 aliphatic rings. The summed E-state index contributed by atoms with van der Waals surface area (Å²) in [4.78, 5) is 28.4. The van der Waals surface area contributed by atoms with E-state index in [4.69, 9.17) is 26.2 Å². The number of rotatable bonds is 6. The molecule has 0 unspecified atom stereocenters. The van der Waals surface area contributed by atoms with Gasteiger partial charge in [-0.15, -0.1) is 0 Å². The average molecular weight is 396 g/mol. The van der Waals surface area contributed by atoms with Gasteiger partial charge in [-0.05, 0) is 18.2 Å². The van der Waals surface area contributed by atoms with Gasteiger partial charge in [-0.25, -0.2) is 4.79 Å². The highest BCUT2D eigenvalue weighted by Gasteiger charge is 2.35. The smallest absolute Gasteiger partial charge is 0.337 e. The number of β-amino-alcohol motifs (C(OH)–C–C–N with tert-alkyl or cyclic N) is 1. The minimum absolute atomic E-state index is 0.0852. The first-order chi connectivity index (χ1) is 13.0. The summed E-state index contributed by atoms with van der Waals surface area (Å²) in [5.41, 5.74) is 1.86. The number of carbonyl (C=O) groups excluding carboxylic acids is 2. The number of methoxy groups -OCH3 is 1. The van der Waals surface area contributed by atoms with Gasteiger partial charge in [0.1, 0.15) is 5.70 Å². The minimum atomic E-state index is -0.582. The lowest BCUT2D eigenvalue weighted by Crippen LogP contribution is -2.36. The van der Waals surface area contributed by atoms with Crippen molar-refractivity contribution in [2.24, 2.45) is 0 Å². The third-order valence-electron chi connectivity index (χ3n) is 4.52. The topological polar surface area (TPSA) is 91.3 Å². The molecule has 0 spiro atoms. The first kappa shape index (κ1) is 19.5. The summed E-state index contributed by atoms with van der Waals surface area (Å²) in [5, 5.41) is 12.8. The molecule has 1 aromatic rings. The number of hydrogen-bond acceptors (Lipinski definition) is 7. The summed E-state index contributed by atoms with van der Waals surface area (Å²) >= 11 is 6.16. The molecule has 0 atom stereocenters. The summed E-state index contributed by atoms with van der Waals surface area (Å²) in [6.07, 6.45) is 0. The molecule has 1 fully saturated rings. The summed E-state index contributed by atoms with van der Waals surface area (Å²) < 4.78 is 10.2. The Bertz CT molecular complexity index is 761. The number of carbonyl (C=O) groups is 2. The zero-order valence-corrected chi connectivity index (χ0v) is 15.8. The number of aliphatic hydroxyl groups is 1. The molecule has 146 valence electrons. The molecule has 1 saturated heterocycles. The van der Waals surface area contributed by atoms with Gasteiger partial charge in [0.15, 0.2) is 0 Å². The zero-order valence-electron chi connectivity index (χ0n) is 15.0. The highest BCUT2D eigenvalue weighted by molar-refractivity contribution is 6.31. The molecule has 3 rings (SSSR count). The van der Waals surface area contributed by atoms with Gasteiger partial charge < -0.3 is 29.7 Å². The second-order valence-electron chi connectivity index (χ2n) is 6.18. The van der Waals surface area contributed by atoms with Gasteiger partial charge in [-0.3, -0.25) is 4.79 Å². The van der Waals surface area contributed by atoms with Gasteiger partial charge >= 0.3 is 5.97 Å². The van der Waals surface area contributed by atoms with E-state index in [1.54, 1.807) is 12.1 Å². The number of hydrogen-bond donors (Lipinski definition) is 2. The van der Waals surface area contributed by atoms with Gasteiger partial charge in [0.25, 0.3) is 5.91 Å². The summed E-state index contributed by atoms with van der Waals surface area (Å²) in [5.74, 6) is -0.946. The van der Waals surface area contributed by atoms with E-state index in [0.717, 1.165) is 5.69 Å². The van der Waals surface area contributed by atoms with Gasteiger partial charge in [0.2, 0.25) is 0 Å². The highest BCUT2D eigenvalue weighted by Crippen LogP contribution is 2.33. The Balaban J connectivity index is 1.95. The van der Waals surface area contributed by atoms with Gasteiger partial charge in [0.05, 0.1) is 50.4 Å². The Morgan fingerprint density at radius 1 is 1.37 bits per heavy atom. The van der Waals surface area contributed by atoms with E-state index < -0.39 is 5.97 Å². The van der Waals surface area contributed by atoms with Crippen LogP contribution in [0.1, 0.15) is 0 Å². The fourth-order valence-electron chi connectivity index (χ4n) is 3.17. The lowest BCUT2D eigenvalue weighted by molar-refractivity contribution is -0.136. The van der Waals surface area contributed by atoms with E-state index in [2.05, 4.69) is 10.2 Å². The van der Waals surface area contributed by atoms with Crippen LogP contribution in [-0.4, -0.2) is 75.0 Å². The summed E-state index contributed by atoms with van der Waals surface area (Å²) in [6, 6.07) is 5.37. The van der Waals surface area contributed by atoms with E-state index in [9.17, 15) is 9.59 Å². The zero-order chi connectivity index (χ0) is 19.4. The fraction of sp³-hybridized carbons (Fsp3) is 0.444. The van der Waals surface area contributed by atoms with Crippen molar-refractivity contribution in [2.75, 3.05) is 63.3 Å². The minimum Gasteiger partial charge on any atom is -0.466 e. The second kappa shape index (κ2) is 8.60. The van der Waals surface area contributed by atoms with Crippen LogP contribution in [0, 0.1) is 0 Å². The van der Waals surface area contributed by atoms with Gasteiger partial charge in [0, 0.05) is 24.7 Å². The largest absolute Gasteiger partial charge is 0.466 e. The molecule has 2 heterocycles. The van der Waals surface area contributed by atoms with Crippen LogP contribution in [0.4, 0.5) is 11.4 Å². The quantitative estimate of drug-likeness (QED) is 0.690. The number of aliphatic hydroxyl groups excluding tert-OH is 1. The predicted octanol–water partition coefficient (Wildman–Crippen LogP) is 0.850. The van der Waals surface area contributed by atoms with Crippen molar-refractivity contribution >= 4 is 34.9 Å². The third-order valence-corrected chi connectivity index (χ3v) is 4.76. The molecule has 0 bridgehead atoms. The molecule has 2 aliphatic heterocycles. The summed E-state index contributed by atoms with van der Waals surface area (Å²) in [6.45, 7) is 2.68. The Morgan fingerprint density at radius 3 is 2.78 bits per heavy atom. The molecule has 0 radical (unpaired) electrons. The van der Waals surface area contributed by atoms with Crippen molar-refractivity contribution in [3.63, 3.8) is 0 Å². The van der Waals surface area contributed by atoms with Crippen molar-refractivity contribution < 1.29 is 24.2 Å².